The Morgan fingerprint density at radius 2 is 2.05 bits per heavy atom. The van der Waals surface area contributed by atoms with E-state index in [1.807, 2.05) is 6.08 Å². The monoisotopic (exact) mass is 336 g/mol. The van der Waals surface area contributed by atoms with Gasteiger partial charge in [0.15, 0.2) is 0 Å². The fraction of sp³-hybridized carbons (Fsp3) is 0.467. The molecule has 1 aliphatic rings. The molecule has 120 valence electrons. The molecule has 0 aliphatic carbocycles. The van der Waals surface area contributed by atoms with Crippen LogP contribution in [-0.2, 0) is 0 Å². The molecule has 0 unspecified atom stereocenters. The van der Waals surface area contributed by atoms with E-state index in [0.29, 0.717) is 11.3 Å². The van der Waals surface area contributed by atoms with Crippen molar-refractivity contribution in [3.05, 3.63) is 42.2 Å². The summed E-state index contributed by atoms with van der Waals surface area (Å²) in [4.78, 5) is 2.30. The molecule has 1 atom stereocenters. The number of benzene rings is 1. The number of ether oxygens (including phenoxy) is 1. The Kier molecular flexibility index (Phi) is 9.62. The van der Waals surface area contributed by atoms with Crippen LogP contribution in [-0.4, -0.2) is 38.2 Å². The Balaban J connectivity index is 0.00000200. The lowest BCUT2D eigenvalue weighted by Crippen LogP contribution is -2.45. The summed E-state index contributed by atoms with van der Waals surface area (Å²) in [6.45, 7) is 7.54. The third kappa shape index (κ3) is 5.15. The van der Waals surface area contributed by atoms with Crippen molar-refractivity contribution in [3.8, 4) is 5.75 Å². The maximum Gasteiger partial charge on any atom is 0.128 e. The number of hydrogen-bond donors (Lipinski definition) is 1. The van der Waals surface area contributed by atoms with Crippen LogP contribution in [0.3, 0.4) is 0 Å². The largest absolute Gasteiger partial charge is 0.497 e. The number of halogens is 3. The smallest absolute Gasteiger partial charge is 0.128 e. The fourth-order valence-electron chi connectivity index (χ4n) is 2.53. The highest BCUT2D eigenvalue weighted by Crippen LogP contribution is 2.30. The highest BCUT2D eigenvalue weighted by molar-refractivity contribution is 5.85. The van der Waals surface area contributed by atoms with Gasteiger partial charge in [0.25, 0.3) is 0 Å². The molecule has 0 radical (unpaired) electrons. The number of nitrogens with zero attached hydrogens (tertiary/aromatic N) is 1. The van der Waals surface area contributed by atoms with Crippen LogP contribution in [0.2, 0.25) is 0 Å². The molecule has 0 aromatic heterocycles. The van der Waals surface area contributed by atoms with Gasteiger partial charge in [-0.1, -0.05) is 6.08 Å². The van der Waals surface area contributed by atoms with E-state index in [-0.39, 0.29) is 36.7 Å². The first-order valence-corrected chi connectivity index (χ1v) is 6.65. The molecule has 1 aromatic rings. The van der Waals surface area contributed by atoms with Crippen molar-refractivity contribution in [1.82, 2.24) is 10.2 Å². The summed E-state index contributed by atoms with van der Waals surface area (Å²) in [5.41, 5.74) is 0.696. The molecule has 1 N–H and O–H groups in total. The van der Waals surface area contributed by atoms with Crippen molar-refractivity contribution in [2.45, 2.75) is 12.5 Å². The highest BCUT2D eigenvalue weighted by atomic mass is 35.5. The second-order valence-electron chi connectivity index (χ2n) is 4.71. The predicted molar refractivity (Wildman–Crippen MR) is 89.4 cm³/mol. The van der Waals surface area contributed by atoms with Crippen LogP contribution in [0.15, 0.2) is 30.9 Å². The van der Waals surface area contributed by atoms with Gasteiger partial charge in [-0.2, -0.15) is 0 Å². The molecular formula is C15H23Cl2FN2O. The van der Waals surface area contributed by atoms with Crippen molar-refractivity contribution >= 4 is 24.8 Å². The van der Waals surface area contributed by atoms with Crippen LogP contribution >= 0.6 is 24.8 Å². The topological polar surface area (TPSA) is 24.5 Å². The van der Waals surface area contributed by atoms with Crippen LogP contribution in [0.4, 0.5) is 4.39 Å². The average molecular weight is 337 g/mol. The second kappa shape index (κ2) is 10.0. The Bertz CT molecular complexity index is 440. The molecular weight excluding hydrogens is 314 g/mol. The number of piperazine rings is 1. The zero-order chi connectivity index (χ0) is 13.7. The van der Waals surface area contributed by atoms with Crippen LogP contribution in [0.5, 0.6) is 5.75 Å². The average Bonchev–Trinajstić information content (AvgIpc) is 2.47. The number of methoxy groups -OCH3 is 1. The maximum absolute atomic E-state index is 14.1. The third-order valence-electron chi connectivity index (χ3n) is 3.54. The van der Waals surface area contributed by atoms with E-state index in [2.05, 4.69) is 16.8 Å². The lowest BCUT2D eigenvalue weighted by Gasteiger charge is -2.35. The molecule has 3 nitrogen and oxygen atoms in total. The molecule has 0 bridgehead atoms. The first kappa shape index (κ1) is 20.2. The highest BCUT2D eigenvalue weighted by Gasteiger charge is 2.23. The molecule has 2 rings (SSSR count). The second-order valence-corrected chi connectivity index (χ2v) is 4.71. The molecule has 1 fully saturated rings. The molecule has 0 amide bonds. The van der Waals surface area contributed by atoms with Crippen LogP contribution < -0.4 is 10.1 Å². The minimum atomic E-state index is -0.175. The standard InChI is InChI=1S/C15H21FN2O.2ClH/c1-3-4-15(18-9-7-17-8-10-18)13-11-12(19-2)5-6-14(13)16;;/h3,5-6,11,15,17H,1,4,7-10H2,2H3;2*1H/t15-;;/m1../s1. The molecule has 1 aromatic carbocycles. The number of nitrogens with one attached hydrogen (secondary N) is 1. The summed E-state index contributed by atoms with van der Waals surface area (Å²) in [5.74, 6) is 0.520. The summed E-state index contributed by atoms with van der Waals surface area (Å²) in [5, 5.41) is 3.31. The van der Waals surface area contributed by atoms with Gasteiger partial charge in [-0.25, -0.2) is 4.39 Å². The molecule has 1 aliphatic heterocycles. The van der Waals surface area contributed by atoms with E-state index in [0.717, 1.165) is 32.6 Å². The third-order valence-corrected chi connectivity index (χ3v) is 3.54. The maximum atomic E-state index is 14.1. The van der Waals surface area contributed by atoms with Gasteiger partial charge in [0.2, 0.25) is 0 Å². The fourth-order valence-corrected chi connectivity index (χ4v) is 2.53. The van der Waals surface area contributed by atoms with Crippen molar-refractivity contribution in [3.63, 3.8) is 0 Å². The minimum Gasteiger partial charge on any atom is -0.497 e. The molecule has 6 heteroatoms. The van der Waals surface area contributed by atoms with E-state index >= 15 is 0 Å². The molecule has 0 spiro atoms. The summed E-state index contributed by atoms with van der Waals surface area (Å²) in [6.07, 6.45) is 2.59. The Hall–Kier alpha value is -0.810. The van der Waals surface area contributed by atoms with Crippen molar-refractivity contribution in [1.29, 1.82) is 0 Å². The predicted octanol–water partition coefficient (Wildman–Crippen LogP) is 3.20. The zero-order valence-corrected chi connectivity index (χ0v) is 13.8. The van der Waals surface area contributed by atoms with E-state index in [4.69, 9.17) is 4.74 Å². The SMILES string of the molecule is C=CC[C@H](c1cc(OC)ccc1F)N1CCNCC1.Cl.Cl. The molecule has 0 saturated carbocycles. The van der Waals surface area contributed by atoms with Gasteiger partial charge in [-0.05, 0) is 24.6 Å². The van der Waals surface area contributed by atoms with Gasteiger partial charge in [-0.3, -0.25) is 4.90 Å². The lowest BCUT2D eigenvalue weighted by atomic mass is 10.00. The minimum absolute atomic E-state index is 0. The van der Waals surface area contributed by atoms with Crippen molar-refractivity contribution in [2.75, 3.05) is 33.3 Å². The molecule has 1 saturated heterocycles. The zero-order valence-electron chi connectivity index (χ0n) is 12.2. The summed E-state index contributed by atoms with van der Waals surface area (Å²) in [7, 11) is 1.60. The summed E-state index contributed by atoms with van der Waals surface area (Å²) in [6, 6.07) is 4.97. The first-order valence-electron chi connectivity index (χ1n) is 6.65. The van der Waals surface area contributed by atoms with E-state index in [9.17, 15) is 4.39 Å². The summed E-state index contributed by atoms with van der Waals surface area (Å²) >= 11 is 0. The van der Waals surface area contributed by atoms with Gasteiger partial charge in [0, 0.05) is 37.8 Å². The van der Waals surface area contributed by atoms with Crippen LogP contribution in [0.25, 0.3) is 0 Å². The van der Waals surface area contributed by atoms with E-state index in [1.54, 1.807) is 19.2 Å². The molecule has 21 heavy (non-hydrogen) atoms. The summed E-state index contributed by atoms with van der Waals surface area (Å²) < 4.78 is 19.3. The van der Waals surface area contributed by atoms with E-state index < -0.39 is 0 Å². The quantitative estimate of drug-likeness (QED) is 0.835. The van der Waals surface area contributed by atoms with Crippen molar-refractivity contribution in [2.24, 2.45) is 0 Å². The van der Waals surface area contributed by atoms with Gasteiger partial charge >= 0.3 is 0 Å². The Labute approximate surface area is 138 Å². The number of hydrogen-bond acceptors (Lipinski definition) is 3. The normalized spacial score (nSPS) is 16.3. The van der Waals surface area contributed by atoms with Gasteiger partial charge in [0.05, 0.1) is 7.11 Å². The number of rotatable bonds is 5. The van der Waals surface area contributed by atoms with Crippen molar-refractivity contribution < 1.29 is 9.13 Å². The van der Waals surface area contributed by atoms with Gasteiger partial charge < -0.3 is 10.1 Å². The van der Waals surface area contributed by atoms with E-state index in [1.165, 1.54) is 6.07 Å². The van der Waals surface area contributed by atoms with Crippen LogP contribution in [0, 0.1) is 5.82 Å². The first-order chi connectivity index (χ1) is 9.26. The lowest BCUT2D eigenvalue weighted by molar-refractivity contribution is 0.171. The van der Waals surface area contributed by atoms with Gasteiger partial charge in [0.1, 0.15) is 11.6 Å². The Morgan fingerprint density at radius 1 is 1.38 bits per heavy atom. The Morgan fingerprint density at radius 3 is 2.62 bits per heavy atom. The molecule has 1 heterocycles. The van der Waals surface area contributed by atoms with Gasteiger partial charge in [-0.15, -0.1) is 31.4 Å². The van der Waals surface area contributed by atoms with Crippen LogP contribution in [0.1, 0.15) is 18.0 Å².